The van der Waals surface area contributed by atoms with E-state index in [1.54, 1.807) is 0 Å². The summed E-state index contributed by atoms with van der Waals surface area (Å²) in [4.78, 5) is 0. The summed E-state index contributed by atoms with van der Waals surface area (Å²) < 4.78 is 5.78. The first-order valence-electron chi connectivity index (χ1n) is 7.54. The van der Waals surface area contributed by atoms with Crippen molar-refractivity contribution >= 4 is 11.6 Å². The van der Waals surface area contributed by atoms with Crippen molar-refractivity contribution in [3.63, 3.8) is 0 Å². The summed E-state index contributed by atoms with van der Waals surface area (Å²) in [5.74, 6) is 1.11. The van der Waals surface area contributed by atoms with Crippen LogP contribution < -0.4 is 5.32 Å². The molecule has 0 unspecified atom stereocenters. The Morgan fingerprint density at radius 1 is 0.913 bits per heavy atom. The molecule has 0 radical (unpaired) electrons. The molecule has 3 aromatic rings. The van der Waals surface area contributed by atoms with E-state index in [0.29, 0.717) is 11.8 Å². The van der Waals surface area contributed by atoms with Gasteiger partial charge in [0.25, 0.3) is 0 Å². The van der Waals surface area contributed by atoms with Crippen LogP contribution in [0, 0.1) is 0 Å². The molecule has 0 aliphatic rings. The van der Waals surface area contributed by atoms with Gasteiger partial charge in [0, 0.05) is 16.6 Å². The molecule has 0 aliphatic carbocycles. The average molecular weight is 328 g/mol. The highest BCUT2D eigenvalue weighted by molar-refractivity contribution is 6.30. The molecular weight excluding hydrogens is 310 g/mol. The van der Waals surface area contributed by atoms with E-state index in [9.17, 15) is 0 Å². The Bertz CT molecular complexity index is 755. The van der Waals surface area contributed by atoms with Gasteiger partial charge in [0.05, 0.1) is 6.04 Å². The molecule has 0 saturated heterocycles. The Morgan fingerprint density at radius 2 is 1.61 bits per heavy atom. The standard InChI is InChI=1S/C18H18ClN3O/c1-12(14-8-10-16(19)11-9-14)20-13(2)17-21-22-18(23-17)15-6-4-3-5-7-15/h3-13,20H,1-2H3/t12-,13+/m1/s1. The summed E-state index contributed by atoms with van der Waals surface area (Å²) >= 11 is 5.93. The molecule has 0 amide bonds. The quantitative estimate of drug-likeness (QED) is 0.731. The SMILES string of the molecule is C[C@H](N[C@H](C)c1ccc(Cl)cc1)c1nnc(-c2ccccc2)o1. The van der Waals surface area contributed by atoms with Crippen molar-refractivity contribution in [2.24, 2.45) is 0 Å². The summed E-state index contributed by atoms with van der Waals surface area (Å²) in [7, 11) is 0. The van der Waals surface area contributed by atoms with E-state index >= 15 is 0 Å². The number of aromatic nitrogens is 2. The fourth-order valence-electron chi connectivity index (χ4n) is 2.40. The molecule has 1 N–H and O–H groups in total. The first-order valence-corrected chi connectivity index (χ1v) is 7.91. The van der Waals surface area contributed by atoms with E-state index < -0.39 is 0 Å². The van der Waals surface area contributed by atoms with E-state index in [4.69, 9.17) is 16.0 Å². The minimum Gasteiger partial charge on any atom is -0.419 e. The highest BCUT2D eigenvalue weighted by Crippen LogP contribution is 2.23. The van der Waals surface area contributed by atoms with Gasteiger partial charge in [-0.3, -0.25) is 5.32 Å². The Morgan fingerprint density at radius 3 is 2.30 bits per heavy atom. The summed E-state index contributed by atoms with van der Waals surface area (Å²) in [6.07, 6.45) is 0. The topological polar surface area (TPSA) is 51.0 Å². The second kappa shape index (κ2) is 6.94. The molecular formula is C18H18ClN3O. The zero-order chi connectivity index (χ0) is 16.2. The van der Waals surface area contributed by atoms with Crippen LogP contribution in [-0.4, -0.2) is 10.2 Å². The summed E-state index contributed by atoms with van der Waals surface area (Å²) in [5, 5.41) is 12.5. The molecule has 2 atom stereocenters. The van der Waals surface area contributed by atoms with Gasteiger partial charge in [-0.2, -0.15) is 0 Å². The minimum atomic E-state index is -0.0503. The van der Waals surface area contributed by atoms with Crippen molar-refractivity contribution in [3.8, 4) is 11.5 Å². The molecule has 118 valence electrons. The maximum Gasteiger partial charge on any atom is 0.247 e. The summed E-state index contributed by atoms with van der Waals surface area (Å²) in [5.41, 5.74) is 2.08. The first kappa shape index (κ1) is 15.7. The second-order valence-electron chi connectivity index (χ2n) is 5.47. The van der Waals surface area contributed by atoms with Gasteiger partial charge in [-0.15, -0.1) is 10.2 Å². The largest absolute Gasteiger partial charge is 0.419 e. The fourth-order valence-corrected chi connectivity index (χ4v) is 2.53. The average Bonchev–Trinajstić information content (AvgIpc) is 3.06. The van der Waals surface area contributed by atoms with E-state index in [0.717, 1.165) is 16.1 Å². The Kier molecular flexibility index (Phi) is 4.74. The maximum atomic E-state index is 5.93. The highest BCUT2D eigenvalue weighted by atomic mass is 35.5. The van der Waals surface area contributed by atoms with Crippen molar-refractivity contribution in [3.05, 3.63) is 71.1 Å². The first-order chi connectivity index (χ1) is 11.1. The molecule has 0 aliphatic heterocycles. The molecule has 0 spiro atoms. The molecule has 4 nitrogen and oxygen atoms in total. The second-order valence-corrected chi connectivity index (χ2v) is 5.91. The predicted octanol–water partition coefficient (Wildman–Crippen LogP) is 4.80. The third kappa shape index (κ3) is 3.78. The van der Waals surface area contributed by atoms with Gasteiger partial charge < -0.3 is 4.42 Å². The van der Waals surface area contributed by atoms with Crippen molar-refractivity contribution in [2.75, 3.05) is 0 Å². The number of hydrogen-bond donors (Lipinski definition) is 1. The lowest BCUT2D eigenvalue weighted by Crippen LogP contribution is -2.22. The van der Waals surface area contributed by atoms with Gasteiger partial charge in [-0.1, -0.05) is 41.9 Å². The Labute approximate surface area is 140 Å². The molecule has 3 rings (SSSR count). The van der Waals surface area contributed by atoms with Crippen LogP contribution in [0.25, 0.3) is 11.5 Å². The number of halogens is 1. The van der Waals surface area contributed by atoms with Gasteiger partial charge in [0.2, 0.25) is 11.8 Å². The summed E-state index contributed by atoms with van der Waals surface area (Å²) in [6.45, 7) is 4.10. The van der Waals surface area contributed by atoms with Gasteiger partial charge >= 0.3 is 0 Å². The van der Waals surface area contributed by atoms with Crippen LogP contribution >= 0.6 is 11.6 Å². The zero-order valence-electron chi connectivity index (χ0n) is 13.0. The fraction of sp³-hybridized carbons (Fsp3) is 0.222. The molecule has 5 heteroatoms. The van der Waals surface area contributed by atoms with Gasteiger partial charge in [-0.25, -0.2) is 0 Å². The van der Waals surface area contributed by atoms with E-state index in [1.165, 1.54) is 0 Å². The maximum absolute atomic E-state index is 5.93. The lowest BCUT2D eigenvalue weighted by Gasteiger charge is -2.17. The summed E-state index contributed by atoms with van der Waals surface area (Å²) in [6, 6.07) is 17.6. The zero-order valence-corrected chi connectivity index (χ0v) is 13.8. The highest BCUT2D eigenvalue weighted by Gasteiger charge is 2.17. The predicted molar refractivity (Wildman–Crippen MR) is 91.2 cm³/mol. The molecule has 2 aromatic carbocycles. The van der Waals surface area contributed by atoms with Crippen LogP contribution in [0.2, 0.25) is 5.02 Å². The van der Waals surface area contributed by atoms with E-state index in [1.807, 2.05) is 61.5 Å². The monoisotopic (exact) mass is 327 g/mol. The lowest BCUT2D eigenvalue weighted by molar-refractivity contribution is 0.395. The molecule has 1 aromatic heterocycles. The van der Waals surface area contributed by atoms with Crippen molar-refractivity contribution < 1.29 is 4.42 Å². The van der Waals surface area contributed by atoms with Crippen molar-refractivity contribution in [2.45, 2.75) is 25.9 Å². The normalized spacial score (nSPS) is 13.7. The number of hydrogen-bond acceptors (Lipinski definition) is 4. The van der Waals surface area contributed by atoms with Crippen LogP contribution in [0.4, 0.5) is 0 Å². The minimum absolute atomic E-state index is 0.0503. The van der Waals surface area contributed by atoms with Crippen LogP contribution in [-0.2, 0) is 0 Å². The van der Waals surface area contributed by atoms with Crippen molar-refractivity contribution in [1.82, 2.24) is 15.5 Å². The molecule has 0 fully saturated rings. The van der Waals surface area contributed by atoms with Gasteiger partial charge in [0.1, 0.15) is 0 Å². The van der Waals surface area contributed by atoms with Crippen LogP contribution in [0.1, 0.15) is 37.4 Å². The lowest BCUT2D eigenvalue weighted by atomic mass is 10.1. The van der Waals surface area contributed by atoms with E-state index in [2.05, 4.69) is 22.4 Å². The number of benzene rings is 2. The smallest absolute Gasteiger partial charge is 0.247 e. The number of nitrogens with one attached hydrogen (secondary N) is 1. The third-order valence-electron chi connectivity index (χ3n) is 3.70. The number of nitrogens with zero attached hydrogens (tertiary/aromatic N) is 2. The van der Waals surface area contributed by atoms with Gasteiger partial charge in [-0.05, 0) is 43.7 Å². The number of rotatable bonds is 5. The molecule has 1 heterocycles. The Balaban J connectivity index is 1.70. The van der Waals surface area contributed by atoms with Crippen molar-refractivity contribution in [1.29, 1.82) is 0 Å². The molecule has 0 saturated carbocycles. The molecule has 23 heavy (non-hydrogen) atoms. The molecule has 0 bridgehead atoms. The van der Waals surface area contributed by atoms with Crippen LogP contribution in [0.5, 0.6) is 0 Å². The van der Waals surface area contributed by atoms with Gasteiger partial charge in [0.15, 0.2) is 0 Å². The van der Waals surface area contributed by atoms with Crippen LogP contribution in [0.3, 0.4) is 0 Å². The Hall–Kier alpha value is -2.17. The van der Waals surface area contributed by atoms with E-state index in [-0.39, 0.29) is 12.1 Å². The third-order valence-corrected chi connectivity index (χ3v) is 3.95. The van der Waals surface area contributed by atoms with Crippen LogP contribution in [0.15, 0.2) is 59.0 Å².